The third kappa shape index (κ3) is 1.52. The van der Waals surface area contributed by atoms with Crippen LogP contribution < -0.4 is 5.32 Å². The first-order valence-electron chi connectivity index (χ1n) is 6.04. The molecule has 1 N–H and O–H groups in total. The molecule has 3 heteroatoms. The molecule has 2 aromatic rings. The highest BCUT2D eigenvalue weighted by atomic mass is 15.1. The molecule has 0 bridgehead atoms. The Kier molecular flexibility index (Phi) is 2.40. The molecule has 0 spiro atoms. The summed E-state index contributed by atoms with van der Waals surface area (Å²) in [6, 6.07) is 7.16. The molecule has 1 atom stereocenters. The van der Waals surface area contributed by atoms with Crippen molar-refractivity contribution in [3.8, 4) is 0 Å². The number of nitrogens with one attached hydrogen (secondary N) is 1. The molecule has 0 radical (unpaired) electrons. The van der Waals surface area contributed by atoms with Crippen LogP contribution in [-0.2, 0) is 6.42 Å². The van der Waals surface area contributed by atoms with Crippen LogP contribution in [-0.4, -0.2) is 22.6 Å². The number of hydrogen-bond donors (Lipinski definition) is 1. The van der Waals surface area contributed by atoms with E-state index in [-0.39, 0.29) is 0 Å². The summed E-state index contributed by atoms with van der Waals surface area (Å²) in [6.07, 6.45) is 4.29. The van der Waals surface area contributed by atoms with E-state index in [2.05, 4.69) is 40.0 Å². The first kappa shape index (κ1) is 9.85. The van der Waals surface area contributed by atoms with E-state index in [0.717, 1.165) is 25.0 Å². The van der Waals surface area contributed by atoms with Crippen LogP contribution in [0.15, 0.2) is 24.5 Å². The van der Waals surface area contributed by atoms with Gasteiger partial charge in [-0.1, -0.05) is 13.0 Å². The summed E-state index contributed by atoms with van der Waals surface area (Å²) < 4.78 is 2.33. The smallest absolute Gasteiger partial charge is 0.0961 e. The molecule has 1 saturated heterocycles. The van der Waals surface area contributed by atoms with Crippen LogP contribution in [0.25, 0.3) is 11.0 Å². The van der Waals surface area contributed by atoms with E-state index in [9.17, 15) is 0 Å². The molecule has 1 aliphatic rings. The molecule has 0 saturated carbocycles. The Hall–Kier alpha value is -1.35. The van der Waals surface area contributed by atoms with Gasteiger partial charge in [0.2, 0.25) is 0 Å². The van der Waals surface area contributed by atoms with Crippen molar-refractivity contribution in [2.45, 2.75) is 25.8 Å². The molecule has 2 heterocycles. The first-order chi connectivity index (χ1) is 7.88. The standard InChI is InChI=1S/C13H17N3/c1-2-10-3-4-12-13(7-10)16(9-15-12)11-5-6-14-8-11/h3-4,7,9,11,14H,2,5-6,8H2,1H3. The molecule has 84 valence electrons. The number of aryl methyl sites for hydroxylation is 1. The van der Waals surface area contributed by atoms with Gasteiger partial charge in [-0.3, -0.25) is 0 Å². The second-order valence-electron chi connectivity index (χ2n) is 4.48. The zero-order valence-corrected chi connectivity index (χ0v) is 9.61. The number of hydrogen-bond acceptors (Lipinski definition) is 2. The summed E-state index contributed by atoms with van der Waals surface area (Å²) in [7, 11) is 0. The van der Waals surface area contributed by atoms with E-state index in [1.165, 1.54) is 17.5 Å². The fourth-order valence-corrected chi connectivity index (χ4v) is 2.46. The molecule has 1 aromatic heterocycles. The zero-order chi connectivity index (χ0) is 11.0. The van der Waals surface area contributed by atoms with Crippen molar-refractivity contribution in [1.29, 1.82) is 0 Å². The lowest BCUT2D eigenvalue weighted by molar-refractivity contribution is 0.561. The van der Waals surface area contributed by atoms with Crippen molar-refractivity contribution in [1.82, 2.24) is 14.9 Å². The van der Waals surface area contributed by atoms with Gasteiger partial charge in [0.05, 0.1) is 17.4 Å². The molecule has 1 unspecified atom stereocenters. The van der Waals surface area contributed by atoms with Crippen LogP contribution in [0.5, 0.6) is 0 Å². The average Bonchev–Trinajstić information content (AvgIpc) is 2.96. The molecule has 1 fully saturated rings. The number of imidazole rings is 1. The molecule has 3 nitrogen and oxygen atoms in total. The minimum atomic E-state index is 0.581. The molecule has 16 heavy (non-hydrogen) atoms. The summed E-state index contributed by atoms with van der Waals surface area (Å²) in [5, 5.41) is 3.41. The lowest BCUT2D eigenvalue weighted by Crippen LogP contribution is -2.12. The highest BCUT2D eigenvalue weighted by Gasteiger charge is 2.18. The topological polar surface area (TPSA) is 29.9 Å². The predicted molar refractivity (Wildman–Crippen MR) is 65.6 cm³/mol. The minimum Gasteiger partial charge on any atom is -0.326 e. The minimum absolute atomic E-state index is 0.581. The van der Waals surface area contributed by atoms with Crippen LogP contribution in [0.4, 0.5) is 0 Å². The zero-order valence-electron chi connectivity index (χ0n) is 9.61. The third-order valence-corrected chi connectivity index (χ3v) is 3.48. The van der Waals surface area contributed by atoms with Gasteiger partial charge in [0.15, 0.2) is 0 Å². The second-order valence-corrected chi connectivity index (χ2v) is 4.48. The van der Waals surface area contributed by atoms with Crippen LogP contribution in [0, 0.1) is 0 Å². The van der Waals surface area contributed by atoms with Crippen molar-refractivity contribution in [2.75, 3.05) is 13.1 Å². The Morgan fingerprint density at radius 1 is 1.50 bits per heavy atom. The number of fused-ring (bicyclic) bond motifs is 1. The van der Waals surface area contributed by atoms with Crippen molar-refractivity contribution < 1.29 is 0 Å². The maximum Gasteiger partial charge on any atom is 0.0961 e. The van der Waals surface area contributed by atoms with E-state index in [1.54, 1.807) is 0 Å². The van der Waals surface area contributed by atoms with Crippen LogP contribution in [0.1, 0.15) is 24.9 Å². The van der Waals surface area contributed by atoms with E-state index in [1.807, 2.05) is 6.33 Å². The van der Waals surface area contributed by atoms with E-state index < -0.39 is 0 Å². The van der Waals surface area contributed by atoms with Gasteiger partial charge in [0.1, 0.15) is 0 Å². The van der Waals surface area contributed by atoms with Crippen LogP contribution in [0.2, 0.25) is 0 Å². The number of rotatable bonds is 2. The Labute approximate surface area is 95.5 Å². The van der Waals surface area contributed by atoms with Crippen molar-refractivity contribution >= 4 is 11.0 Å². The lowest BCUT2D eigenvalue weighted by atomic mass is 10.1. The molecule has 1 aliphatic heterocycles. The lowest BCUT2D eigenvalue weighted by Gasteiger charge is -2.11. The molecule has 0 amide bonds. The van der Waals surface area contributed by atoms with Gasteiger partial charge in [-0.15, -0.1) is 0 Å². The first-order valence-corrected chi connectivity index (χ1v) is 6.04. The summed E-state index contributed by atoms with van der Waals surface area (Å²) in [5.41, 5.74) is 3.79. The fourth-order valence-electron chi connectivity index (χ4n) is 2.46. The summed E-state index contributed by atoms with van der Waals surface area (Å²) in [6.45, 7) is 4.39. The number of nitrogens with zero attached hydrogens (tertiary/aromatic N) is 2. The average molecular weight is 215 g/mol. The summed E-state index contributed by atoms with van der Waals surface area (Å²) >= 11 is 0. The van der Waals surface area contributed by atoms with Crippen LogP contribution in [0.3, 0.4) is 0 Å². The quantitative estimate of drug-likeness (QED) is 0.831. The monoisotopic (exact) mass is 215 g/mol. The highest BCUT2D eigenvalue weighted by Crippen LogP contribution is 2.22. The number of aromatic nitrogens is 2. The van der Waals surface area contributed by atoms with Gasteiger partial charge >= 0.3 is 0 Å². The fraction of sp³-hybridized carbons (Fsp3) is 0.462. The van der Waals surface area contributed by atoms with E-state index in [0.29, 0.717) is 6.04 Å². The summed E-state index contributed by atoms with van der Waals surface area (Å²) in [5.74, 6) is 0. The summed E-state index contributed by atoms with van der Waals surface area (Å²) in [4.78, 5) is 4.47. The molecular formula is C13H17N3. The van der Waals surface area contributed by atoms with Gasteiger partial charge in [0.25, 0.3) is 0 Å². The second kappa shape index (κ2) is 3.91. The Bertz CT molecular complexity index is 495. The predicted octanol–water partition coefficient (Wildman–Crippen LogP) is 2.13. The van der Waals surface area contributed by atoms with Gasteiger partial charge in [-0.25, -0.2) is 4.98 Å². The van der Waals surface area contributed by atoms with Crippen molar-refractivity contribution in [2.24, 2.45) is 0 Å². The largest absolute Gasteiger partial charge is 0.326 e. The van der Waals surface area contributed by atoms with Crippen molar-refractivity contribution in [3.05, 3.63) is 30.1 Å². The SMILES string of the molecule is CCc1ccc2ncn(C3CCNC3)c2c1. The van der Waals surface area contributed by atoms with E-state index in [4.69, 9.17) is 0 Å². The van der Waals surface area contributed by atoms with Crippen molar-refractivity contribution in [3.63, 3.8) is 0 Å². The molecule has 1 aromatic carbocycles. The van der Waals surface area contributed by atoms with Crippen LogP contribution >= 0.6 is 0 Å². The Morgan fingerprint density at radius 2 is 2.44 bits per heavy atom. The third-order valence-electron chi connectivity index (χ3n) is 3.48. The Morgan fingerprint density at radius 3 is 3.19 bits per heavy atom. The van der Waals surface area contributed by atoms with Gasteiger partial charge in [-0.05, 0) is 37.1 Å². The maximum atomic E-state index is 4.47. The van der Waals surface area contributed by atoms with Gasteiger partial charge in [0, 0.05) is 12.6 Å². The maximum absolute atomic E-state index is 4.47. The normalized spacial score (nSPS) is 20.7. The molecule has 3 rings (SSSR count). The van der Waals surface area contributed by atoms with Gasteiger partial charge in [-0.2, -0.15) is 0 Å². The molecule has 0 aliphatic carbocycles. The Balaban J connectivity index is 2.09. The van der Waals surface area contributed by atoms with Gasteiger partial charge < -0.3 is 9.88 Å². The number of benzene rings is 1. The molecular weight excluding hydrogens is 198 g/mol. The highest BCUT2D eigenvalue weighted by molar-refractivity contribution is 5.76. The van der Waals surface area contributed by atoms with E-state index >= 15 is 0 Å².